The van der Waals surface area contributed by atoms with Gasteiger partial charge in [0.1, 0.15) is 5.75 Å². The fourth-order valence-corrected chi connectivity index (χ4v) is 2.43. The molecule has 0 bridgehead atoms. The van der Waals surface area contributed by atoms with Crippen LogP contribution < -0.4 is 10.1 Å². The van der Waals surface area contributed by atoms with Gasteiger partial charge in [0.2, 0.25) is 0 Å². The third-order valence-electron chi connectivity index (χ3n) is 3.72. The number of carboxylic acid groups (broad SMARTS) is 1. The molecular formula is C16H22N2O4. The summed E-state index contributed by atoms with van der Waals surface area (Å²) in [6.45, 7) is 3.53. The van der Waals surface area contributed by atoms with Crippen molar-refractivity contribution in [3.8, 4) is 5.75 Å². The molecule has 1 saturated heterocycles. The quantitative estimate of drug-likeness (QED) is 0.876. The zero-order valence-electron chi connectivity index (χ0n) is 12.7. The van der Waals surface area contributed by atoms with Crippen molar-refractivity contribution in [2.45, 2.75) is 26.2 Å². The molecule has 2 rings (SSSR count). The van der Waals surface area contributed by atoms with Crippen LogP contribution in [0, 0.1) is 5.92 Å². The first kappa shape index (κ1) is 16.1. The fourth-order valence-electron chi connectivity index (χ4n) is 2.43. The molecule has 0 aromatic heterocycles. The first-order valence-corrected chi connectivity index (χ1v) is 7.62. The van der Waals surface area contributed by atoms with Crippen LogP contribution in [0.15, 0.2) is 24.3 Å². The third-order valence-corrected chi connectivity index (χ3v) is 3.72. The number of piperidine rings is 1. The average molecular weight is 306 g/mol. The lowest BCUT2D eigenvalue weighted by molar-refractivity contribution is -0.143. The van der Waals surface area contributed by atoms with E-state index < -0.39 is 5.97 Å². The van der Waals surface area contributed by atoms with E-state index in [1.807, 2.05) is 25.1 Å². The molecule has 1 heterocycles. The van der Waals surface area contributed by atoms with Crippen molar-refractivity contribution >= 4 is 17.7 Å². The smallest absolute Gasteiger partial charge is 0.321 e. The van der Waals surface area contributed by atoms with Crippen molar-refractivity contribution in [2.75, 3.05) is 25.0 Å². The molecule has 6 nitrogen and oxygen atoms in total. The lowest BCUT2D eigenvalue weighted by Crippen LogP contribution is -2.42. The SMILES string of the molecule is CCCOc1ccccc1NC(=O)N1CCC(C(=O)O)CC1. The minimum atomic E-state index is -0.779. The number of rotatable bonds is 5. The average Bonchev–Trinajstić information content (AvgIpc) is 2.54. The first-order chi connectivity index (χ1) is 10.6. The maximum absolute atomic E-state index is 12.3. The maximum atomic E-state index is 12.3. The molecule has 0 atom stereocenters. The van der Waals surface area contributed by atoms with Gasteiger partial charge in [0, 0.05) is 13.1 Å². The molecule has 1 aromatic rings. The zero-order valence-corrected chi connectivity index (χ0v) is 12.7. The second kappa shape index (κ2) is 7.68. The molecule has 0 aliphatic carbocycles. The minimum Gasteiger partial charge on any atom is -0.491 e. The second-order valence-corrected chi connectivity index (χ2v) is 5.37. The van der Waals surface area contributed by atoms with Gasteiger partial charge in [-0.2, -0.15) is 0 Å². The Kier molecular flexibility index (Phi) is 5.63. The molecule has 0 saturated carbocycles. The van der Waals surface area contributed by atoms with Crippen LogP contribution >= 0.6 is 0 Å². The van der Waals surface area contributed by atoms with Crippen molar-refractivity contribution in [2.24, 2.45) is 5.92 Å². The van der Waals surface area contributed by atoms with Gasteiger partial charge < -0.3 is 20.1 Å². The van der Waals surface area contributed by atoms with Gasteiger partial charge in [-0.05, 0) is 31.4 Å². The standard InChI is InChI=1S/C16H22N2O4/c1-2-11-22-14-6-4-3-5-13(14)17-16(21)18-9-7-12(8-10-18)15(19)20/h3-6,12H,2,7-11H2,1H3,(H,17,21)(H,19,20). The summed E-state index contributed by atoms with van der Waals surface area (Å²) < 4.78 is 5.61. The molecule has 1 fully saturated rings. The zero-order chi connectivity index (χ0) is 15.9. The molecule has 1 aromatic carbocycles. The highest BCUT2D eigenvalue weighted by molar-refractivity contribution is 5.91. The monoisotopic (exact) mass is 306 g/mol. The number of urea groups is 1. The predicted molar refractivity (Wildman–Crippen MR) is 83.2 cm³/mol. The number of aliphatic carboxylic acids is 1. The molecule has 22 heavy (non-hydrogen) atoms. The van der Waals surface area contributed by atoms with Crippen LogP contribution in [0.5, 0.6) is 5.75 Å². The molecule has 2 amide bonds. The molecule has 0 unspecified atom stereocenters. The van der Waals surface area contributed by atoms with Crippen LogP contribution in [-0.4, -0.2) is 41.7 Å². The second-order valence-electron chi connectivity index (χ2n) is 5.37. The molecule has 2 N–H and O–H groups in total. The van der Waals surface area contributed by atoms with Gasteiger partial charge in [-0.25, -0.2) is 4.79 Å². The Morgan fingerprint density at radius 2 is 2.00 bits per heavy atom. The molecule has 0 spiro atoms. The maximum Gasteiger partial charge on any atom is 0.321 e. The van der Waals surface area contributed by atoms with E-state index >= 15 is 0 Å². The lowest BCUT2D eigenvalue weighted by atomic mass is 9.97. The number of anilines is 1. The van der Waals surface area contributed by atoms with Gasteiger partial charge in [-0.1, -0.05) is 19.1 Å². The number of amides is 2. The van der Waals surface area contributed by atoms with Gasteiger partial charge in [0.25, 0.3) is 0 Å². The normalized spacial score (nSPS) is 15.4. The van der Waals surface area contributed by atoms with Crippen LogP contribution in [0.3, 0.4) is 0 Å². The summed E-state index contributed by atoms with van der Waals surface area (Å²) in [6.07, 6.45) is 1.89. The number of likely N-dealkylation sites (tertiary alicyclic amines) is 1. The Labute approximate surface area is 130 Å². The Balaban J connectivity index is 1.94. The topological polar surface area (TPSA) is 78.9 Å². The third kappa shape index (κ3) is 4.13. The van der Waals surface area contributed by atoms with Crippen molar-refractivity contribution in [1.29, 1.82) is 0 Å². The first-order valence-electron chi connectivity index (χ1n) is 7.62. The van der Waals surface area contributed by atoms with Gasteiger partial charge in [-0.15, -0.1) is 0 Å². The number of para-hydroxylation sites is 2. The summed E-state index contributed by atoms with van der Waals surface area (Å²) in [4.78, 5) is 24.9. The summed E-state index contributed by atoms with van der Waals surface area (Å²) in [5, 5.41) is 11.8. The van der Waals surface area contributed by atoms with E-state index in [1.165, 1.54) is 0 Å². The van der Waals surface area contributed by atoms with Crippen molar-refractivity contribution < 1.29 is 19.4 Å². The Hall–Kier alpha value is -2.24. The molecular weight excluding hydrogens is 284 g/mol. The van der Waals surface area contributed by atoms with Gasteiger partial charge in [-0.3, -0.25) is 4.79 Å². The highest BCUT2D eigenvalue weighted by Gasteiger charge is 2.27. The predicted octanol–water partition coefficient (Wildman–Crippen LogP) is 2.80. The van der Waals surface area contributed by atoms with Crippen LogP contribution in [-0.2, 0) is 4.79 Å². The Bertz CT molecular complexity index is 525. The molecule has 1 aliphatic heterocycles. The van der Waals surface area contributed by atoms with E-state index in [0.29, 0.717) is 44.0 Å². The Morgan fingerprint density at radius 3 is 2.64 bits per heavy atom. The largest absolute Gasteiger partial charge is 0.491 e. The number of nitrogens with one attached hydrogen (secondary N) is 1. The summed E-state index contributed by atoms with van der Waals surface area (Å²) in [6, 6.07) is 7.11. The summed E-state index contributed by atoms with van der Waals surface area (Å²) in [5.74, 6) is -0.472. The summed E-state index contributed by atoms with van der Waals surface area (Å²) in [7, 11) is 0. The minimum absolute atomic E-state index is 0.212. The van der Waals surface area contributed by atoms with Crippen molar-refractivity contribution in [1.82, 2.24) is 4.90 Å². The van der Waals surface area contributed by atoms with Crippen LogP contribution in [0.4, 0.5) is 10.5 Å². The highest BCUT2D eigenvalue weighted by Crippen LogP contribution is 2.25. The van der Waals surface area contributed by atoms with Crippen LogP contribution in [0.2, 0.25) is 0 Å². The summed E-state index contributed by atoms with van der Waals surface area (Å²) in [5.41, 5.74) is 0.640. The number of hydrogen-bond acceptors (Lipinski definition) is 3. The fraction of sp³-hybridized carbons (Fsp3) is 0.500. The van der Waals surface area contributed by atoms with E-state index in [4.69, 9.17) is 9.84 Å². The van der Waals surface area contributed by atoms with E-state index in [9.17, 15) is 9.59 Å². The number of carbonyl (C=O) groups excluding carboxylic acids is 1. The van der Waals surface area contributed by atoms with Crippen LogP contribution in [0.1, 0.15) is 26.2 Å². The van der Waals surface area contributed by atoms with Crippen molar-refractivity contribution in [3.05, 3.63) is 24.3 Å². The van der Waals surface area contributed by atoms with Crippen molar-refractivity contribution in [3.63, 3.8) is 0 Å². The number of hydrogen-bond donors (Lipinski definition) is 2. The van der Waals surface area contributed by atoms with E-state index in [2.05, 4.69) is 5.32 Å². The number of ether oxygens (including phenoxy) is 1. The number of benzene rings is 1. The molecule has 6 heteroatoms. The number of carboxylic acids is 1. The molecule has 1 aliphatic rings. The van der Waals surface area contributed by atoms with E-state index in [0.717, 1.165) is 6.42 Å². The summed E-state index contributed by atoms with van der Waals surface area (Å²) >= 11 is 0. The van der Waals surface area contributed by atoms with Crippen LogP contribution in [0.25, 0.3) is 0 Å². The van der Waals surface area contributed by atoms with E-state index in [-0.39, 0.29) is 11.9 Å². The number of nitrogens with zero attached hydrogens (tertiary/aromatic N) is 1. The number of carbonyl (C=O) groups is 2. The Morgan fingerprint density at radius 1 is 1.32 bits per heavy atom. The lowest BCUT2D eigenvalue weighted by Gasteiger charge is -2.30. The van der Waals surface area contributed by atoms with Gasteiger partial charge >= 0.3 is 12.0 Å². The molecule has 120 valence electrons. The molecule has 0 radical (unpaired) electrons. The highest BCUT2D eigenvalue weighted by atomic mass is 16.5. The van der Waals surface area contributed by atoms with E-state index in [1.54, 1.807) is 11.0 Å². The van der Waals surface area contributed by atoms with Gasteiger partial charge in [0.15, 0.2) is 0 Å². The van der Waals surface area contributed by atoms with Gasteiger partial charge in [0.05, 0.1) is 18.2 Å².